The third kappa shape index (κ3) is 8.26. The van der Waals surface area contributed by atoms with Crippen molar-refractivity contribution in [2.24, 2.45) is 11.8 Å². The van der Waals surface area contributed by atoms with Crippen LogP contribution in [0.4, 0.5) is 3.89 Å². The molecule has 0 aliphatic heterocycles. The van der Waals surface area contributed by atoms with Crippen LogP contribution in [0.2, 0.25) is 0 Å². The van der Waals surface area contributed by atoms with E-state index in [0.29, 0.717) is 17.6 Å². The molecule has 4 unspecified atom stereocenters. The van der Waals surface area contributed by atoms with Crippen molar-refractivity contribution < 1.29 is 3.89 Å². The zero-order valence-corrected chi connectivity index (χ0v) is 14.0. The van der Waals surface area contributed by atoms with Gasteiger partial charge < -0.3 is 0 Å². The van der Waals surface area contributed by atoms with Gasteiger partial charge in [0.1, 0.15) is 0 Å². The van der Waals surface area contributed by atoms with Crippen LogP contribution >= 0.6 is 0 Å². The fraction of sp³-hybridized carbons (Fsp3) is 1.00. The van der Waals surface area contributed by atoms with Gasteiger partial charge in [-0.05, 0) is 58.2 Å². The van der Waals surface area contributed by atoms with Gasteiger partial charge in [0.2, 0.25) is 0 Å². The minimum atomic E-state index is -1.33. The second-order valence-electron chi connectivity index (χ2n) is 3.48. The van der Waals surface area contributed by atoms with E-state index in [1.54, 1.807) is 8.88 Å². The molecule has 0 spiro atoms. The number of halogens is 1. The van der Waals surface area contributed by atoms with Crippen LogP contribution in [0.5, 0.6) is 0 Å². The minimum absolute atomic E-state index is 0.285. The van der Waals surface area contributed by atoms with Crippen LogP contribution in [-0.4, -0.2) is 17.8 Å². The molecule has 0 aromatic rings. The fourth-order valence-corrected chi connectivity index (χ4v) is 9.03. The van der Waals surface area contributed by atoms with Gasteiger partial charge in [-0.2, -0.15) is 3.89 Å². The van der Waals surface area contributed by atoms with Gasteiger partial charge in [-0.1, -0.05) is 20.3 Å². The lowest BCUT2D eigenvalue weighted by molar-refractivity contribution is 0.419. The predicted octanol–water partition coefficient (Wildman–Crippen LogP) is 2.32. The summed E-state index contributed by atoms with van der Waals surface area (Å²) in [7, 11) is 2.11. The lowest BCUT2D eigenvalue weighted by Gasteiger charge is -2.21. The molecule has 0 saturated heterocycles. The van der Waals surface area contributed by atoms with Crippen LogP contribution < -0.4 is 0 Å². The first kappa shape index (κ1) is 16.5. The first-order chi connectivity index (χ1) is 7.01. The lowest BCUT2D eigenvalue weighted by Crippen LogP contribution is -2.21. The van der Waals surface area contributed by atoms with Crippen LogP contribution in [0.15, 0.2) is 0 Å². The average molecular weight is 325 g/mol. The molecule has 0 aliphatic rings. The maximum atomic E-state index is 12.8. The molecule has 0 heterocycles. The molecule has 0 saturated carbocycles. The SMILES string of the molecule is CCC(CS(F)=S)C(C)CS(C)=S=S=S. The summed E-state index contributed by atoms with van der Waals surface area (Å²) in [6.45, 7) is 4.32. The van der Waals surface area contributed by atoms with Crippen molar-refractivity contribution in [2.45, 2.75) is 20.3 Å². The number of hydrogen-bond acceptors (Lipinski definition) is 2. The lowest BCUT2D eigenvalue weighted by atomic mass is 9.95. The van der Waals surface area contributed by atoms with E-state index >= 15 is 0 Å². The molecule has 92 valence electrons. The predicted molar refractivity (Wildman–Crippen MR) is 83.9 cm³/mol. The van der Waals surface area contributed by atoms with Gasteiger partial charge >= 0.3 is 0 Å². The van der Waals surface area contributed by atoms with Gasteiger partial charge in [-0.3, -0.25) is 0 Å². The maximum Gasteiger partial charge on any atom is 0.0554 e. The van der Waals surface area contributed by atoms with Crippen LogP contribution in [0, 0.1) is 11.8 Å². The van der Waals surface area contributed by atoms with Gasteiger partial charge in [0, 0.05) is 11.5 Å². The Hall–Kier alpha value is 1.51. The molecule has 0 rings (SSSR count). The molecular formula is C8H17FS6. The fourth-order valence-electron chi connectivity index (χ4n) is 1.43. The highest BCUT2D eigenvalue weighted by Crippen LogP contribution is 2.18. The van der Waals surface area contributed by atoms with Crippen molar-refractivity contribution in [3.63, 3.8) is 0 Å². The Morgan fingerprint density at radius 3 is 2.40 bits per heavy atom. The van der Waals surface area contributed by atoms with E-state index in [0.717, 1.165) is 12.2 Å². The maximum absolute atomic E-state index is 12.8. The van der Waals surface area contributed by atoms with Gasteiger partial charge in [-0.15, -0.1) is 9.45 Å². The molecule has 0 aromatic heterocycles. The molecule has 0 aliphatic carbocycles. The summed E-state index contributed by atoms with van der Waals surface area (Å²) in [5, 5.41) is 0. The third-order valence-electron chi connectivity index (χ3n) is 2.32. The van der Waals surface area contributed by atoms with Gasteiger partial charge in [0.25, 0.3) is 0 Å². The molecule has 0 fully saturated rings. The quantitative estimate of drug-likeness (QED) is 0.688. The van der Waals surface area contributed by atoms with Gasteiger partial charge in [-0.25, -0.2) is 0 Å². The van der Waals surface area contributed by atoms with E-state index in [9.17, 15) is 3.89 Å². The second-order valence-corrected chi connectivity index (χ2v) is 12.2. The zero-order chi connectivity index (χ0) is 11.8. The Bertz CT molecular complexity index is 302. The monoisotopic (exact) mass is 324 g/mol. The zero-order valence-electron chi connectivity index (χ0n) is 9.10. The topological polar surface area (TPSA) is 0 Å². The van der Waals surface area contributed by atoms with E-state index in [1.807, 2.05) is 0 Å². The van der Waals surface area contributed by atoms with Crippen molar-refractivity contribution in [3.05, 3.63) is 0 Å². The van der Waals surface area contributed by atoms with E-state index in [-0.39, 0.29) is 9.45 Å². The van der Waals surface area contributed by atoms with E-state index in [1.165, 1.54) is 8.88 Å². The van der Waals surface area contributed by atoms with Gasteiger partial charge in [0.05, 0.1) is 9.84 Å². The first-order valence-electron chi connectivity index (χ1n) is 4.65. The van der Waals surface area contributed by atoms with E-state index in [2.05, 4.69) is 31.3 Å². The summed E-state index contributed by atoms with van der Waals surface area (Å²) in [5.74, 6) is 2.66. The summed E-state index contributed by atoms with van der Waals surface area (Å²) < 4.78 is 12.8. The largest absolute Gasteiger partial charge is 0.162 e. The Kier molecular flexibility index (Phi) is 10.5. The van der Waals surface area contributed by atoms with Gasteiger partial charge in [0.15, 0.2) is 0 Å². The molecule has 0 aromatic carbocycles. The summed E-state index contributed by atoms with van der Waals surface area (Å²) in [6.07, 6.45) is 3.23. The van der Waals surface area contributed by atoms with Crippen LogP contribution in [0.3, 0.4) is 0 Å². The Balaban J connectivity index is 4.39. The molecule has 15 heavy (non-hydrogen) atoms. The highest BCUT2D eigenvalue weighted by atomic mass is 33.2. The van der Waals surface area contributed by atoms with Crippen molar-refractivity contribution >= 4 is 59.4 Å². The van der Waals surface area contributed by atoms with E-state index in [4.69, 9.17) is 11.2 Å². The number of rotatable bonds is 6. The normalized spacial score (nSPS) is 18.9. The molecule has 7 heteroatoms. The average Bonchev–Trinajstić information content (AvgIpc) is 2.13. The number of hydrogen-bond donors (Lipinski definition) is 0. The second kappa shape index (κ2) is 9.53. The molecule has 0 radical (unpaired) electrons. The Morgan fingerprint density at radius 2 is 2.00 bits per heavy atom. The molecule has 0 bridgehead atoms. The highest BCUT2D eigenvalue weighted by molar-refractivity contribution is 8.58. The van der Waals surface area contributed by atoms with Crippen LogP contribution in [-0.2, 0) is 59.4 Å². The van der Waals surface area contributed by atoms with Crippen molar-refractivity contribution in [2.75, 3.05) is 17.8 Å². The standard InChI is InChI=1S/C8H17FS6/c1-4-8(6-15(9)11)7(2)5-14(3)13-12-10/h7-8H,4-6H2,1-3H3. The summed E-state index contributed by atoms with van der Waals surface area (Å²) in [6, 6.07) is 0. The first-order valence-corrected chi connectivity index (χ1v) is 12.3. The third-order valence-corrected chi connectivity index (χ3v) is 10.1. The summed E-state index contributed by atoms with van der Waals surface area (Å²) >= 11 is 9.50. The van der Waals surface area contributed by atoms with Crippen molar-refractivity contribution in [1.82, 2.24) is 0 Å². The summed E-state index contributed by atoms with van der Waals surface area (Å²) in [4.78, 5) is 0. The Morgan fingerprint density at radius 1 is 1.40 bits per heavy atom. The highest BCUT2D eigenvalue weighted by Gasteiger charge is 2.17. The van der Waals surface area contributed by atoms with Crippen molar-refractivity contribution in [1.29, 1.82) is 0 Å². The summed E-state index contributed by atoms with van der Waals surface area (Å²) in [5.41, 5.74) is 0. The van der Waals surface area contributed by atoms with Crippen LogP contribution in [0.1, 0.15) is 20.3 Å². The molecule has 4 atom stereocenters. The molecule has 0 nitrogen and oxygen atoms in total. The van der Waals surface area contributed by atoms with Crippen LogP contribution in [0.25, 0.3) is 0 Å². The minimum Gasteiger partial charge on any atom is -0.162 e. The molecule has 0 N–H and O–H groups in total. The smallest absolute Gasteiger partial charge is 0.0554 e. The van der Waals surface area contributed by atoms with E-state index < -0.39 is 9.84 Å². The molecular weight excluding hydrogens is 307 g/mol. The molecule has 0 amide bonds. The van der Waals surface area contributed by atoms with Crippen molar-refractivity contribution in [3.8, 4) is 0 Å². The Labute approximate surface area is 112 Å².